The molecule has 0 aliphatic heterocycles. The molecule has 0 aliphatic carbocycles. The molecule has 0 amide bonds. The van der Waals surface area contributed by atoms with Gasteiger partial charge < -0.3 is 5.73 Å². The van der Waals surface area contributed by atoms with Crippen molar-refractivity contribution in [3.63, 3.8) is 0 Å². The average Bonchev–Trinajstić information content (AvgIpc) is 2.28. The minimum Gasteiger partial charge on any atom is -0.326 e. The van der Waals surface area contributed by atoms with E-state index in [0.717, 1.165) is 6.07 Å². The maximum absolute atomic E-state index is 13.6. The molecule has 0 spiro atoms. The maximum atomic E-state index is 13.6. The summed E-state index contributed by atoms with van der Waals surface area (Å²) < 4.78 is 39.4. The standard InChI is InChI=1S/C10H15FN2O2S2/c1-16-5-4-13-17(14,15)10-3-2-8(7-12)6-9(10)11/h2-3,6,13H,4-5,7,12H2,1H3. The van der Waals surface area contributed by atoms with Crippen molar-refractivity contribution < 1.29 is 12.8 Å². The lowest BCUT2D eigenvalue weighted by molar-refractivity contribution is 0.558. The van der Waals surface area contributed by atoms with Crippen LogP contribution in [0.15, 0.2) is 23.1 Å². The molecular formula is C10H15FN2O2S2. The van der Waals surface area contributed by atoms with E-state index in [1.165, 1.54) is 23.9 Å². The van der Waals surface area contributed by atoms with Gasteiger partial charge in [-0.2, -0.15) is 11.8 Å². The SMILES string of the molecule is CSCCNS(=O)(=O)c1ccc(CN)cc1F. The maximum Gasteiger partial charge on any atom is 0.243 e. The van der Waals surface area contributed by atoms with Gasteiger partial charge in [-0.3, -0.25) is 0 Å². The first kappa shape index (κ1) is 14.4. The Kier molecular flexibility index (Phi) is 5.38. The Morgan fingerprint density at radius 1 is 1.47 bits per heavy atom. The topological polar surface area (TPSA) is 72.2 Å². The highest BCUT2D eigenvalue weighted by molar-refractivity contribution is 7.98. The van der Waals surface area contributed by atoms with Gasteiger partial charge in [-0.1, -0.05) is 6.07 Å². The summed E-state index contributed by atoms with van der Waals surface area (Å²) in [6.07, 6.45) is 1.87. The van der Waals surface area contributed by atoms with Crippen molar-refractivity contribution in [2.24, 2.45) is 5.73 Å². The third kappa shape index (κ3) is 3.95. The summed E-state index contributed by atoms with van der Waals surface area (Å²) in [4.78, 5) is -0.337. The van der Waals surface area contributed by atoms with Gasteiger partial charge in [0, 0.05) is 18.8 Å². The zero-order valence-corrected chi connectivity index (χ0v) is 11.1. The van der Waals surface area contributed by atoms with E-state index in [1.807, 2.05) is 6.26 Å². The van der Waals surface area contributed by atoms with Crippen LogP contribution in [0.3, 0.4) is 0 Å². The van der Waals surface area contributed by atoms with Gasteiger partial charge in [0.2, 0.25) is 10.0 Å². The third-order valence-electron chi connectivity index (χ3n) is 2.12. The van der Waals surface area contributed by atoms with Gasteiger partial charge in [-0.05, 0) is 24.0 Å². The number of hydrogen-bond acceptors (Lipinski definition) is 4. The highest BCUT2D eigenvalue weighted by Crippen LogP contribution is 2.15. The molecule has 0 atom stereocenters. The largest absolute Gasteiger partial charge is 0.326 e. The summed E-state index contributed by atoms with van der Waals surface area (Å²) in [5.74, 6) is -0.133. The molecule has 3 N–H and O–H groups in total. The molecule has 0 unspecified atom stereocenters. The van der Waals surface area contributed by atoms with E-state index in [-0.39, 0.29) is 18.0 Å². The first-order valence-corrected chi connectivity index (χ1v) is 7.86. The fourth-order valence-electron chi connectivity index (χ4n) is 1.25. The second-order valence-corrected chi connectivity index (χ2v) is 6.08. The van der Waals surface area contributed by atoms with Crippen molar-refractivity contribution in [3.8, 4) is 0 Å². The number of halogens is 1. The number of hydrogen-bond donors (Lipinski definition) is 2. The number of nitrogens with two attached hydrogens (primary N) is 1. The summed E-state index contributed by atoms with van der Waals surface area (Å²) in [5, 5.41) is 0. The molecule has 1 aromatic carbocycles. The van der Waals surface area contributed by atoms with Crippen LogP contribution < -0.4 is 10.5 Å². The molecule has 96 valence electrons. The molecular weight excluding hydrogens is 263 g/mol. The van der Waals surface area contributed by atoms with Crippen LogP contribution in [-0.4, -0.2) is 27.0 Å². The molecule has 17 heavy (non-hydrogen) atoms. The van der Waals surface area contributed by atoms with Crippen LogP contribution in [0, 0.1) is 5.82 Å². The molecule has 0 fully saturated rings. The molecule has 0 radical (unpaired) electrons. The predicted octanol–water partition coefficient (Wildman–Crippen LogP) is 0.926. The Hall–Kier alpha value is -0.630. The van der Waals surface area contributed by atoms with Crippen LogP contribution in [-0.2, 0) is 16.6 Å². The smallest absolute Gasteiger partial charge is 0.243 e. The van der Waals surface area contributed by atoms with Crippen LogP contribution in [0.5, 0.6) is 0 Å². The van der Waals surface area contributed by atoms with Crippen molar-refractivity contribution >= 4 is 21.8 Å². The molecule has 0 saturated heterocycles. The van der Waals surface area contributed by atoms with E-state index in [2.05, 4.69) is 4.72 Å². The summed E-state index contributed by atoms with van der Waals surface area (Å²) in [5.41, 5.74) is 5.90. The lowest BCUT2D eigenvalue weighted by Crippen LogP contribution is -2.26. The van der Waals surface area contributed by atoms with Crippen molar-refractivity contribution in [1.82, 2.24) is 4.72 Å². The number of thioether (sulfide) groups is 1. The minimum atomic E-state index is -3.77. The van der Waals surface area contributed by atoms with Gasteiger partial charge in [0.25, 0.3) is 0 Å². The zero-order valence-electron chi connectivity index (χ0n) is 9.44. The summed E-state index contributed by atoms with van der Waals surface area (Å²) in [6, 6.07) is 3.88. The molecule has 7 heteroatoms. The second kappa shape index (κ2) is 6.34. The van der Waals surface area contributed by atoms with Crippen molar-refractivity contribution in [2.75, 3.05) is 18.6 Å². The van der Waals surface area contributed by atoms with E-state index < -0.39 is 15.8 Å². The Morgan fingerprint density at radius 3 is 2.71 bits per heavy atom. The normalized spacial score (nSPS) is 11.7. The first-order valence-electron chi connectivity index (χ1n) is 4.98. The Balaban J connectivity index is 2.91. The van der Waals surface area contributed by atoms with E-state index in [0.29, 0.717) is 11.3 Å². The molecule has 0 heterocycles. The van der Waals surface area contributed by atoms with E-state index in [4.69, 9.17) is 5.73 Å². The molecule has 4 nitrogen and oxygen atoms in total. The van der Waals surface area contributed by atoms with Crippen LogP contribution in [0.4, 0.5) is 4.39 Å². The monoisotopic (exact) mass is 278 g/mol. The van der Waals surface area contributed by atoms with Crippen molar-refractivity contribution in [2.45, 2.75) is 11.4 Å². The quantitative estimate of drug-likeness (QED) is 0.759. The van der Waals surface area contributed by atoms with Crippen LogP contribution in [0.1, 0.15) is 5.56 Å². The first-order chi connectivity index (χ1) is 8.01. The van der Waals surface area contributed by atoms with E-state index in [1.54, 1.807) is 0 Å². The molecule has 0 aromatic heterocycles. The zero-order chi connectivity index (χ0) is 12.9. The highest BCUT2D eigenvalue weighted by atomic mass is 32.2. The van der Waals surface area contributed by atoms with Crippen LogP contribution in [0.2, 0.25) is 0 Å². The molecule has 1 aromatic rings. The number of nitrogens with one attached hydrogen (secondary N) is 1. The fraction of sp³-hybridized carbons (Fsp3) is 0.400. The lowest BCUT2D eigenvalue weighted by Gasteiger charge is -2.07. The van der Waals surface area contributed by atoms with E-state index >= 15 is 0 Å². The van der Waals surface area contributed by atoms with Gasteiger partial charge in [0.15, 0.2) is 0 Å². The van der Waals surface area contributed by atoms with Crippen LogP contribution >= 0.6 is 11.8 Å². The summed E-state index contributed by atoms with van der Waals surface area (Å²) in [6.45, 7) is 0.457. The van der Waals surface area contributed by atoms with E-state index in [9.17, 15) is 12.8 Å². The van der Waals surface area contributed by atoms with Gasteiger partial charge in [0.1, 0.15) is 10.7 Å². The Morgan fingerprint density at radius 2 is 2.18 bits per heavy atom. The van der Waals surface area contributed by atoms with Crippen molar-refractivity contribution in [3.05, 3.63) is 29.6 Å². The minimum absolute atomic E-state index is 0.178. The summed E-state index contributed by atoms with van der Waals surface area (Å²) in [7, 11) is -3.77. The molecule has 0 saturated carbocycles. The van der Waals surface area contributed by atoms with Gasteiger partial charge in [0.05, 0.1) is 0 Å². The Labute approximate surface area is 105 Å². The van der Waals surface area contributed by atoms with Crippen LogP contribution in [0.25, 0.3) is 0 Å². The highest BCUT2D eigenvalue weighted by Gasteiger charge is 2.18. The fourth-order valence-corrected chi connectivity index (χ4v) is 2.77. The number of rotatable bonds is 6. The summed E-state index contributed by atoms with van der Waals surface area (Å²) >= 11 is 1.51. The molecule has 1 rings (SSSR count). The van der Waals surface area contributed by atoms with Gasteiger partial charge in [-0.15, -0.1) is 0 Å². The average molecular weight is 278 g/mol. The molecule has 0 bridgehead atoms. The third-order valence-corrected chi connectivity index (χ3v) is 4.23. The van der Waals surface area contributed by atoms with Gasteiger partial charge in [-0.25, -0.2) is 17.5 Å². The molecule has 0 aliphatic rings. The number of sulfonamides is 1. The predicted molar refractivity (Wildman–Crippen MR) is 67.9 cm³/mol. The lowest BCUT2D eigenvalue weighted by atomic mass is 10.2. The van der Waals surface area contributed by atoms with Crippen molar-refractivity contribution in [1.29, 1.82) is 0 Å². The number of benzene rings is 1. The Bertz CT molecular complexity index is 477. The van der Waals surface area contributed by atoms with Gasteiger partial charge >= 0.3 is 0 Å². The second-order valence-electron chi connectivity index (χ2n) is 3.36.